The molecule has 8 nitrogen and oxygen atoms in total. The number of carbonyl (C=O) groups excluding carboxylic acids is 1. The van der Waals surface area contributed by atoms with Crippen molar-refractivity contribution in [3.8, 4) is 17.2 Å². The third-order valence-electron chi connectivity index (χ3n) is 4.34. The van der Waals surface area contributed by atoms with Crippen molar-refractivity contribution in [1.29, 1.82) is 0 Å². The number of ether oxygens (including phenoxy) is 2. The number of benzene rings is 2. The average Bonchev–Trinajstić information content (AvgIpc) is 2.75. The highest BCUT2D eigenvalue weighted by atomic mass is 32.2. The SMILES string of the molecule is CCS(=O)(=O)c1ccc(Oc2cc(OC(C)C)cc(C(=O)Nc3cnc(C)cn3)c2)cc1. The Morgan fingerprint density at radius 1 is 1.00 bits per heavy atom. The number of anilines is 1. The Hall–Kier alpha value is -3.46. The molecule has 9 heteroatoms. The highest BCUT2D eigenvalue weighted by Gasteiger charge is 2.14. The summed E-state index contributed by atoms with van der Waals surface area (Å²) in [6, 6.07) is 11.0. The fraction of sp³-hybridized carbons (Fsp3) is 0.261. The van der Waals surface area contributed by atoms with Crippen LogP contribution in [0.25, 0.3) is 0 Å². The van der Waals surface area contributed by atoms with Crippen LogP contribution < -0.4 is 14.8 Å². The minimum Gasteiger partial charge on any atom is -0.491 e. The van der Waals surface area contributed by atoms with Gasteiger partial charge in [0, 0.05) is 11.6 Å². The molecular formula is C23H25N3O5S. The maximum atomic E-state index is 12.8. The smallest absolute Gasteiger partial charge is 0.257 e. The topological polar surface area (TPSA) is 107 Å². The second-order valence-electron chi connectivity index (χ2n) is 7.33. The first-order valence-electron chi connectivity index (χ1n) is 10.1. The summed E-state index contributed by atoms with van der Waals surface area (Å²) < 4.78 is 35.6. The lowest BCUT2D eigenvalue weighted by Gasteiger charge is -2.14. The summed E-state index contributed by atoms with van der Waals surface area (Å²) in [5.74, 6) is 1.21. The molecule has 0 atom stereocenters. The molecule has 0 aliphatic rings. The van der Waals surface area contributed by atoms with Crippen molar-refractivity contribution in [2.24, 2.45) is 0 Å². The molecule has 0 unspecified atom stereocenters. The van der Waals surface area contributed by atoms with Gasteiger partial charge in [-0.05, 0) is 57.2 Å². The van der Waals surface area contributed by atoms with Crippen molar-refractivity contribution in [2.45, 2.75) is 38.7 Å². The van der Waals surface area contributed by atoms with E-state index in [-0.39, 0.29) is 16.8 Å². The molecular weight excluding hydrogens is 430 g/mol. The van der Waals surface area contributed by atoms with Crippen molar-refractivity contribution >= 4 is 21.6 Å². The van der Waals surface area contributed by atoms with Gasteiger partial charge in [0.25, 0.3) is 5.91 Å². The number of rotatable bonds is 8. The van der Waals surface area contributed by atoms with Crippen molar-refractivity contribution in [2.75, 3.05) is 11.1 Å². The van der Waals surface area contributed by atoms with Gasteiger partial charge in [0.05, 0.1) is 34.8 Å². The summed E-state index contributed by atoms with van der Waals surface area (Å²) in [4.78, 5) is 21.2. The zero-order valence-corrected chi connectivity index (χ0v) is 19.1. The number of carbonyl (C=O) groups is 1. The Morgan fingerprint density at radius 2 is 1.69 bits per heavy atom. The van der Waals surface area contributed by atoms with Gasteiger partial charge in [0.15, 0.2) is 15.7 Å². The van der Waals surface area contributed by atoms with Crippen LogP contribution in [0, 0.1) is 6.92 Å². The molecule has 0 aliphatic heterocycles. The van der Waals surface area contributed by atoms with Crippen molar-refractivity contribution < 1.29 is 22.7 Å². The van der Waals surface area contributed by atoms with Gasteiger partial charge in [-0.15, -0.1) is 0 Å². The number of hydrogen-bond acceptors (Lipinski definition) is 7. The predicted octanol–water partition coefficient (Wildman–Crippen LogP) is 4.41. The largest absolute Gasteiger partial charge is 0.491 e. The Kier molecular flexibility index (Phi) is 7.09. The number of aryl methyl sites for hydroxylation is 1. The van der Waals surface area contributed by atoms with Gasteiger partial charge in [0.2, 0.25) is 0 Å². The third kappa shape index (κ3) is 6.04. The fourth-order valence-electron chi connectivity index (χ4n) is 2.77. The van der Waals surface area contributed by atoms with Crippen LogP contribution in [0.2, 0.25) is 0 Å². The van der Waals surface area contributed by atoms with E-state index in [4.69, 9.17) is 9.47 Å². The van der Waals surface area contributed by atoms with Crippen molar-refractivity contribution in [1.82, 2.24) is 9.97 Å². The number of aromatic nitrogens is 2. The van der Waals surface area contributed by atoms with E-state index in [2.05, 4.69) is 15.3 Å². The molecule has 1 heterocycles. The summed E-state index contributed by atoms with van der Waals surface area (Å²) in [6.07, 6.45) is 2.93. The Labute approximate surface area is 187 Å². The van der Waals surface area contributed by atoms with Gasteiger partial charge in [-0.2, -0.15) is 0 Å². The van der Waals surface area contributed by atoms with Crippen LogP contribution in [0.15, 0.2) is 59.8 Å². The molecule has 0 saturated carbocycles. The van der Waals surface area contributed by atoms with E-state index >= 15 is 0 Å². The van der Waals surface area contributed by atoms with E-state index < -0.39 is 15.7 Å². The van der Waals surface area contributed by atoms with E-state index in [0.29, 0.717) is 28.6 Å². The molecule has 3 rings (SSSR count). The maximum absolute atomic E-state index is 12.8. The lowest BCUT2D eigenvalue weighted by Crippen LogP contribution is -2.14. The standard InChI is InChI=1S/C23H25N3O5S/c1-5-32(28,29)21-8-6-18(7-9-21)31-20-11-17(10-19(12-20)30-15(2)3)23(27)26-22-14-24-16(4)13-25-22/h6-15H,5H2,1-4H3,(H,25,26,27). The van der Waals surface area contributed by atoms with Crippen LogP contribution in [-0.2, 0) is 9.84 Å². The Bertz CT molecular complexity index is 1190. The Morgan fingerprint density at radius 3 is 2.28 bits per heavy atom. The van der Waals surface area contributed by atoms with Crippen molar-refractivity contribution in [3.63, 3.8) is 0 Å². The predicted molar refractivity (Wildman–Crippen MR) is 121 cm³/mol. The first-order chi connectivity index (χ1) is 15.2. The monoisotopic (exact) mass is 455 g/mol. The fourth-order valence-corrected chi connectivity index (χ4v) is 3.65. The van der Waals surface area contributed by atoms with Crippen LogP contribution in [0.3, 0.4) is 0 Å². The lowest BCUT2D eigenvalue weighted by atomic mass is 10.2. The second-order valence-corrected chi connectivity index (χ2v) is 9.61. The van der Waals surface area contributed by atoms with E-state index in [1.165, 1.54) is 18.3 Å². The van der Waals surface area contributed by atoms with Gasteiger partial charge >= 0.3 is 0 Å². The van der Waals surface area contributed by atoms with Crippen LogP contribution in [0.4, 0.5) is 5.82 Å². The van der Waals surface area contributed by atoms with E-state index in [1.807, 2.05) is 13.8 Å². The molecule has 1 aromatic heterocycles. The number of hydrogen-bond donors (Lipinski definition) is 1. The number of sulfone groups is 1. The molecule has 1 amide bonds. The van der Waals surface area contributed by atoms with Gasteiger partial charge in [-0.3, -0.25) is 9.78 Å². The van der Waals surface area contributed by atoms with E-state index in [9.17, 15) is 13.2 Å². The van der Waals surface area contributed by atoms with Crippen LogP contribution >= 0.6 is 0 Å². The van der Waals surface area contributed by atoms with E-state index in [0.717, 1.165) is 5.69 Å². The zero-order valence-electron chi connectivity index (χ0n) is 18.3. The summed E-state index contributed by atoms with van der Waals surface area (Å²) in [5, 5.41) is 2.70. The lowest BCUT2D eigenvalue weighted by molar-refractivity contribution is 0.102. The van der Waals surface area contributed by atoms with E-state index in [1.54, 1.807) is 50.4 Å². The molecule has 0 saturated heterocycles. The first kappa shape index (κ1) is 23.2. The van der Waals surface area contributed by atoms with Gasteiger partial charge < -0.3 is 14.8 Å². The summed E-state index contributed by atoms with van der Waals surface area (Å²) in [6.45, 7) is 7.15. The normalized spacial score (nSPS) is 11.3. The minimum atomic E-state index is -3.30. The molecule has 0 spiro atoms. The minimum absolute atomic E-state index is 0.0195. The molecule has 2 aromatic carbocycles. The number of nitrogens with zero attached hydrogens (tertiary/aromatic N) is 2. The summed E-state index contributed by atoms with van der Waals surface area (Å²) in [5.41, 5.74) is 1.05. The molecule has 1 N–H and O–H groups in total. The highest BCUT2D eigenvalue weighted by Crippen LogP contribution is 2.29. The molecule has 0 radical (unpaired) electrons. The second kappa shape index (κ2) is 9.78. The number of amides is 1. The summed E-state index contributed by atoms with van der Waals surface area (Å²) >= 11 is 0. The quantitative estimate of drug-likeness (QED) is 0.536. The molecule has 0 bridgehead atoms. The van der Waals surface area contributed by atoms with Crippen LogP contribution in [0.5, 0.6) is 17.2 Å². The third-order valence-corrected chi connectivity index (χ3v) is 6.09. The summed E-state index contributed by atoms with van der Waals surface area (Å²) in [7, 11) is -3.30. The average molecular weight is 456 g/mol. The Balaban J connectivity index is 1.86. The van der Waals surface area contributed by atoms with Crippen LogP contribution in [-0.4, -0.2) is 36.1 Å². The molecule has 32 heavy (non-hydrogen) atoms. The van der Waals surface area contributed by atoms with Gasteiger partial charge in [-0.1, -0.05) is 6.92 Å². The zero-order chi connectivity index (χ0) is 23.3. The van der Waals surface area contributed by atoms with Gasteiger partial charge in [0.1, 0.15) is 17.2 Å². The highest BCUT2D eigenvalue weighted by molar-refractivity contribution is 7.91. The van der Waals surface area contributed by atoms with Crippen LogP contribution in [0.1, 0.15) is 36.8 Å². The molecule has 168 valence electrons. The molecule has 0 fully saturated rings. The molecule has 0 aliphatic carbocycles. The molecule has 3 aromatic rings. The van der Waals surface area contributed by atoms with Gasteiger partial charge in [-0.25, -0.2) is 13.4 Å². The maximum Gasteiger partial charge on any atom is 0.257 e. The van der Waals surface area contributed by atoms with Crippen molar-refractivity contribution in [3.05, 3.63) is 66.1 Å². The first-order valence-corrected chi connectivity index (χ1v) is 11.7. The number of nitrogens with one attached hydrogen (secondary N) is 1.